The van der Waals surface area contributed by atoms with Gasteiger partial charge in [-0.15, -0.1) is 11.8 Å². The van der Waals surface area contributed by atoms with Crippen LogP contribution in [0, 0.1) is 5.82 Å². The average Bonchev–Trinajstić information content (AvgIpc) is 3.26. The number of ether oxygens (including phenoxy) is 1. The van der Waals surface area contributed by atoms with Crippen molar-refractivity contribution in [2.75, 3.05) is 0 Å². The summed E-state index contributed by atoms with van der Waals surface area (Å²) in [5, 5.41) is 17.2. The maximum absolute atomic E-state index is 14.6. The molecule has 3 atom stereocenters. The third-order valence-electron chi connectivity index (χ3n) is 5.55. The zero-order valence-electron chi connectivity index (χ0n) is 19.1. The van der Waals surface area contributed by atoms with Gasteiger partial charge in [-0.25, -0.2) is 4.39 Å². The van der Waals surface area contributed by atoms with Crippen molar-refractivity contribution in [2.45, 2.75) is 49.6 Å². The van der Waals surface area contributed by atoms with E-state index in [9.17, 15) is 28.7 Å². The van der Waals surface area contributed by atoms with Crippen LogP contribution in [0.25, 0.3) is 11.3 Å². The number of hydrogen-bond donors (Lipinski definition) is 1. The van der Waals surface area contributed by atoms with Crippen LogP contribution in [0.5, 0.6) is 0 Å². The number of carbonyl (C=O) groups is 4. The van der Waals surface area contributed by atoms with Gasteiger partial charge in [-0.05, 0) is 26.0 Å². The molecule has 2 saturated heterocycles. The minimum atomic E-state index is -1.39. The van der Waals surface area contributed by atoms with Crippen molar-refractivity contribution >= 4 is 47.1 Å². The van der Waals surface area contributed by atoms with Gasteiger partial charge in [0.05, 0.1) is 22.6 Å². The van der Waals surface area contributed by atoms with E-state index in [0.717, 1.165) is 17.9 Å². The molecule has 1 aromatic carbocycles. The SMILES string of the molecule is CC(=O)OCc1onc(-c2c(F)cccc2Cl)c1C(=O)N[C@@H]1C(=O)N2[C@H]1SC(C)(C)[C@H]2C(=O)[O-].[Na+]. The van der Waals surface area contributed by atoms with Crippen molar-refractivity contribution in [1.82, 2.24) is 15.4 Å². The number of carboxylic acid groups (broad SMARTS) is 1. The zero-order valence-corrected chi connectivity index (χ0v) is 22.7. The van der Waals surface area contributed by atoms with Crippen molar-refractivity contribution in [3.8, 4) is 11.3 Å². The van der Waals surface area contributed by atoms with Gasteiger partial charge in [-0.3, -0.25) is 14.4 Å². The second kappa shape index (κ2) is 10.1. The molecule has 180 valence electrons. The van der Waals surface area contributed by atoms with E-state index in [1.54, 1.807) is 13.8 Å². The summed E-state index contributed by atoms with van der Waals surface area (Å²) in [5.41, 5.74) is -0.710. The van der Waals surface area contributed by atoms with E-state index < -0.39 is 58.4 Å². The zero-order chi connectivity index (χ0) is 24.9. The van der Waals surface area contributed by atoms with Crippen LogP contribution < -0.4 is 40.0 Å². The normalized spacial score (nSPS) is 22.0. The Balaban J connectivity index is 0.00000342. The van der Waals surface area contributed by atoms with Crippen LogP contribution >= 0.6 is 23.4 Å². The van der Waals surface area contributed by atoms with Crippen LogP contribution in [0.1, 0.15) is 36.9 Å². The molecule has 1 N–H and O–H groups in total. The maximum atomic E-state index is 14.6. The Morgan fingerprint density at radius 3 is 2.66 bits per heavy atom. The predicted molar refractivity (Wildman–Crippen MR) is 115 cm³/mol. The quantitative estimate of drug-likeness (QED) is 0.256. The number of β-lactam (4-membered cyclic amide) rings is 1. The van der Waals surface area contributed by atoms with Gasteiger partial charge in [0.1, 0.15) is 28.5 Å². The number of aliphatic carboxylic acids is 1. The number of halogens is 2. The average molecular weight is 534 g/mol. The molecule has 2 fully saturated rings. The summed E-state index contributed by atoms with van der Waals surface area (Å²) in [5.74, 6) is -4.46. The molecule has 2 amide bonds. The molecule has 35 heavy (non-hydrogen) atoms. The number of esters is 1. The number of carboxylic acids is 1. The van der Waals surface area contributed by atoms with E-state index in [2.05, 4.69) is 10.5 Å². The topological polar surface area (TPSA) is 142 Å². The van der Waals surface area contributed by atoms with Gasteiger partial charge in [-0.2, -0.15) is 0 Å². The third-order valence-corrected chi connectivity index (χ3v) is 7.43. The van der Waals surface area contributed by atoms with Crippen molar-refractivity contribution in [3.63, 3.8) is 0 Å². The molecule has 14 heteroatoms. The van der Waals surface area contributed by atoms with Crippen molar-refractivity contribution in [2.24, 2.45) is 0 Å². The van der Waals surface area contributed by atoms with Crippen molar-refractivity contribution in [1.29, 1.82) is 0 Å². The fourth-order valence-electron chi connectivity index (χ4n) is 4.06. The van der Waals surface area contributed by atoms with Crippen LogP contribution in [0.2, 0.25) is 5.02 Å². The summed E-state index contributed by atoms with van der Waals surface area (Å²) in [6.07, 6.45) is 0. The number of nitrogens with one attached hydrogen (secondary N) is 1. The Hall–Kier alpha value is -2.12. The Bertz CT molecular complexity index is 1200. The number of nitrogens with zero attached hydrogens (tertiary/aromatic N) is 2. The van der Waals surface area contributed by atoms with E-state index in [0.29, 0.717) is 0 Å². The predicted octanol–water partition coefficient (Wildman–Crippen LogP) is -1.89. The molecule has 2 aromatic rings. The summed E-state index contributed by atoms with van der Waals surface area (Å²) < 4.78 is 23.8. The summed E-state index contributed by atoms with van der Waals surface area (Å²) in [6.45, 7) is 4.01. The molecule has 0 aliphatic carbocycles. The molecular weight excluding hydrogens is 516 g/mol. The first-order valence-electron chi connectivity index (χ1n) is 10.0. The molecule has 0 unspecified atom stereocenters. The summed E-state index contributed by atoms with van der Waals surface area (Å²) in [7, 11) is 0. The van der Waals surface area contributed by atoms with Crippen LogP contribution in [0.4, 0.5) is 4.39 Å². The van der Waals surface area contributed by atoms with Gasteiger partial charge in [-0.1, -0.05) is 22.8 Å². The number of amides is 2. The number of rotatable bonds is 6. The minimum absolute atomic E-state index is 0. The Kier molecular flexibility index (Phi) is 7.92. The monoisotopic (exact) mass is 533 g/mol. The largest absolute Gasteiger partial charge is 1.00 e. The first kappa shape index (κ1) is 27.5. The van der Waals surface area contributed by atoms with E-state index >= 15 is 0 Å². The van der Waals surface area contributed by atoms with Gasteiger partial charge in [0.15, 0.2) is 12.4 Å². The Labute approximate surface area is 230 Å². The molecular formula is C21H18ClFN3NaO7S. The molecule has 1 aromatic heterocycles. The molecule has 10 nitrogen and oxygen atoms in total. The molecule has 0 radical (unpaired) electrons. The Morgan fingerprint density at radius 2 is 2.06 bits per heavy atom. The maximum Gasteiger partial charge on any atom is 1.00 e. The number of hydrogen-bond acceptors (Lipinski definition) is 9. The van der Waals surface area contributed by atoms with Crippen LogP contribution in [0.3, 0.4) is 0 Å². The van der Waals surface area contributed by atoms with Gasteiger partial charge >= 0.3 is 35.5 Å². The van der Waals surface area contributed by atoms with E-state index in [-0.39, 0.29) is 57.2 Å². The number of carbonyl (C=O) groups excluding carboxylic acids is 4. The van der Waals surface area contributed by atoms with Gasteiger partial charge < -0.3 is 29.4 Å². The molecule has 3 heterocycles. The third kappa shape index (κ3) is 4.82. The number of aromatic nitrogens is 1. The molecule has 2 aliphatic heterocycles. The van der Waals surface area contributed by atoms with Gasteiger partial charge in [0.25, 0.3) is 5.91 Å². The van der Waals surface area contributed by atoms with Gasteiger partial charge in [0, 0.05) is 11.7 Å². The van der Waals surface area contributed by atoms with Crippen LogP contribution in [0.15, 0.2) is 22.7 Å². The van der Waals surface area contributed by atoms with Gasteiger partial charge in [0.2, 0.25) is 5.91 Å². The summed E-state index contributed by atoms with van der Waals surface area (Å²) in [6, 6.07) is 1.67. The standard InChI is InChI=1S/C21H19ClFN3O7S.Na/c1-8(27)32-7-11-13(14(25-33-11)12-9(22)5-4-6-10(12)23)17(28)24-15-18(29)26-16(20(30)31)21(2,3)34-19(15)26;/h4-6,15-16,19H,7H2,1-3H3,(H,24,28)(H,30,31);/q;+1/p-1/t15-,16-,19+;/m1./s1. The molecule has 4 rings (SSSR count). The molecule has 0 saturated carbocycles. The van der Waals surface area contributed by atoms with Crippen molar-refractivity contribution < 1.29 is 67.5 Å². The fourth-order valence-corrected chi connectivity index (χ4v) is 5.93. The fraction of sp³-hybridized carbons (Fsp3) is 0.381. The van der Waals surface area contributed by atoms with E-state index in [1.165, 1.54) is 23.9 Å². The first-order valence-corrected chi connectivity index (χ1v) is 11.3. The number of benzene rings is 1. The van der Waals surface area contributed by atoms with E-state index in [1.807, 2.05) is 0 Å². The first-order chi connectivity index (χ1) is 15.9. The number of fused-ring (bicyclic) bond motifs is 1. The van der Waals surface area contributed by atoms with Crippen molar-refractivity contribution in [3.05, 3.63) is 40.4 Å². The summed E-state index contributed by atoms with van der Waals surface area (Å²) in [4.78, 5) is 50.0. The minimum Gasteiger partial charge on any atom is -0.548 e. The second-order valence-corrected chi connectivity index (χ2v) is 10.4. The summed E-state index contributed by atoms with van der Waals surface area (Å²) >= 11 is 7.34. The Morgan fingerprint density at radius 1 is 1.37 bits per heavy atom. The molecule has 0 spiro atoms. The molecule has 2 aliphatic rings. The van der Waals surface area contributed by atoms with Crippen LogP contribution in [-0.4, -0.2) is 56.0 Å². The van der Waals surface area contributed by atoms with Crippen LogP contribution in [-0.2, 0) is 25.7 Å². The van der Waals surface area contributed by atoms with E-state index in [4.69, 9.17) is 20.9 Å². The molecule has 0 bridgehead atoms. The second-order valence-electron chi connectivity index (χ2n) is 8.24. The number of thioether (sulfide) groups is 1. The smallest absolute Gasteiger partial charge is 0.548 e.